The predicted molar refractivity (Wildman–Crippen MR) is 65.3 cm³/mol. The van der Waals surface area contributed by atoms with Crippen molar-refractivity contribution in [1.82, 2.24) is 15.1 Å². The molecular weight excluding hydrogens is 202 g/mol. The molecule has 0 fully saturated rings. The highest BCUT2D eigenvalue weighted by molar-refractivity contribution is 5.03. The minimum Gasteiger partial charge on any atom is -0.380 e. The average Bonchev–Trinajstić information content (AvgIpc) is 2.64. The fourth-order valence-electron chi connectivity index (χ4n) is 1.49. The number of rotatable bonds is 8. The lowest BCUT2D eigenvalue weighted by atomic mass is 10.2. The summed E-state index contributed by atoms with van der Waals surface area (Å²) in [7, 11) is 0. The van der Waals surface area contributed by atoms with Gasteiger partial charge in [0.25, 0.3) is 0 Å². The van der Waals surface area contributed by atoms with Crippen molar-refractivity contribution in [2.75, 3.05) is 19.8 Å². The first-order valence-electron chi connectivity index (χ1n) is 6.02. The first-order valence-corrected chi connectivity index (χ1v) is 6.02. The van der Waals surface area contributed by atoms with Gasteiger partial charge in [0.1, 0.15) is 0 Å². The summed E-state index contributed by atoms with van der Waals surface area (Å²) in [4.78, 5) is 0. The summed E-state index contributed by atoms with van der Waals surface area (Å²) in [5.74, 6) is 0.638. The van der Waals surface area contributed by atoms with Crippen molar-refractivity contribution in [3.8, 4) is 0 Å². The molecule has 1 aromatic heterocycles. The van der Waals surface area contributed by atoms with E-state index in [1.807, 2.05) is 17.8 Å². The third-order valence-corrected chi connectivity index (χ3v) is 2.20. The van der Waals surface area contributed by atoms with Crippen LogP contribution in [0.2, 0.25) is 0 Å². The molecule has 1 aromatic rings. The highest BCUT2D eigenvalue weighted by atomic mass is 16.5. The van der Waals surface area contributed by atoms with E-state index in [0.717, 1.165) is 32.8 Å². The van der Waals surface area contributed by atoms with Crippen LogP contribution in [0.25, 0.3) is 0 Å². The second-order valence-electron chi connectivity index (χ2n) is 4.34. The maximum absolute atomic E-state index is 5.25. The third kappa shape index (κ3) is 5.28. The lowest BCUT2D eigenvalue weighted by molar-refractivity contribution is 0.149. The van der Waals surface area contributed by atoms with Crippen LogP contribution < -0.4 is 5.32 Å². The quantitative estimate of drug-likeness (QED) is 0.684. The molecule has 4 nitrogen and oxygen atoms in total. The maximum atomic E-state index is 5.25. The Morgan fingerprint density at radius 2 is 2.31 bits per heavy atom. The van der Waals surface area contributed by atoms with Crippen LogP contribution >= 0.6 is 0 Å². The molecule has 0 saturated carbocycles. The van der Waals surface area contributed by atoms with Crippen LogP contribution in [-0.2, 0) is 17.8 Å². The molecular formula is C12H23N3O. The Morgan fingerprint density at radius 3 is 3.00 bits per heavy atom. The summed E-state index contributed by atoms with van der Waals surface area (Å²) in [6, 6.07) is 0. The van der Waals surface area contributed by atoms with Gasteiger partial charge >= 0.3 is 0 Å². The molecule has 0 unspecified atom stereocenters. The smallest absolute Gasteiger partial charge is 0.0590 e. The highest BCUT2D eigenvalue weighted by Crippen LogP contribution is 2.01. The predicted octanol–water partition coefficient (Wildman–Crippen LogP) is 1.67. The molecule has 0 aromatic carbocycles. The standard InChI is InChI=1S/C12H23N3O/c1-4-16-6-5-13-7-12-8-14-15(10-12)9-11(2)3/h8,10-11,13H,4-7,9H2,1-3H3. The van der Waals surface area contributed by atoms with Crippen LogP contribution in [0, 0.1) is 5.92 Å². The third-order valence-electron chi connectivity index (χ3n) is 2.20. The topological polar surface area (TPSA) is 39.1 Å². The van der Waals surface area contributed by atoms with Crippen molar-refractivity contribution in [3.63, 3.8) is 0 Å². The monoisotopic (exact) mass is 225 g/mol. The minimum atomic E-state index is 0.638. The summed E-state index contributed by atoms with van der Waals surface area (Å²) < 4.78 is 7.25. The van der Waals surface area contributed by atoms with Crippen molar-refractivity contribution in [2.45, 2.75) is 33.9 Å². The molecule has 4 heteroatoms. The lowest BCUT2D eigenvalue weighted by Gasteiger charge is -2.04. The van der Waals surface area contributed by atoms with Gasteiger partial charge in [0.15, 0.2) is 0 Å². The normalized spacial score (nSPS) is 11.2. The summed E-state index contributed by atoms with van der Waals surface area (Å²) in [5.41, 5.74) is 1.23. The van der Waals surface area contributed by atoms with Gasteiger partial charge < -0.3 is 10.1 Å². The van der Waals surface area contributed by atoms with Crippen LogP contribution in [0.15, 0.2) is 12.4 Å². The Bertz CT molecular complexity index is 284. The molecule has 16 heavy (non-hydrogen) atoms. The number of ether oxygens (including phenoxy) is 1. The van der Waals surface area contributed by atoms with Gasteiger partial charge in [-0.05, 0) is 12.8 Å². The van der Waals surface area contributed by atoms with Crippen molar-refractivity contribution in [3.05, 3.63) is 18.0 Å². The maximum Gasteiger partial charge on any atom is 0.0590 e. The molecule has 0 saturated heterocycles. The van der Waals surface area contributed by atoms with Crippen molar-refractivity contribution >= 4 is 0 Å². The van der Waals surface area contributed by atoms with Crippen LogP contribution in [-0.4, -0.2) is 29.5 Å². The fraction of sp³-hybridized carbons (Fsp3) is 0.750. The van der Waals surface area contributed by atoms with Gasteiger partial charge in [-0.25, -0.2) is 0 Å². The van der Waals surface area contributed by atoms with Crippen molar-refractivity contribution < 1.29 is 4.74 Å². The number of hydrogen-bond acceptors (Lipinski definition) is 3. The molecule has 0 bridgehead atoms. The number of nitrogens with zero attached hydrogens (tertiary/aromatic N) is 2. The van der Waals surface area contributed by atoms with E-state index in [2.05, 4.69) is 30.5 Å². The zero-order valence-electron chi connectivity index (χ0n) is 10.6. The summed E-state index contributed by atoms with van der Waals surface area (Å²) in [5, 5.41) is 7.64. The second-order valence-corrected chi connectivity index (χ2v) is 4.34. The van der Waals surface area contributed by atoms with Gasteiger partial charge in [-0.15, -0.1) is 0 Å². The fourth-order valence-corrected chi connectivity index (χ4v) is 1.49. The SMILES string of the molecule is CCOCCNCc1cnn(CC(C)C)c1. The average molecular weight is 225 g/mol. The molecule has 0 amide bonds. The van der Waals surface area contributed by atoms with Gasteiger partial charge in [0, 0.05) is 38.0 Å². The van der Waals surface area contributed by atoms with Gasteiger partial charge in [-0.3, -0.25) is 4.68 Å². The summed E-state index contributed by atoms with van der Waals surface area (Å²) >= 11 is 0. The van der Waals surface area contributed by atoms with Crippen molar-refractivity contribution in [1.29, 1.82) is 0 Å². The van der Waals surface area contributed by atoms with Crippen molar-refractivity contribution in [2.24, 2.45) is 5.92 Å². The van der Waals surface area contributed by atoms with E-state index in [1.54, 1.807) is 0 Å². The first kappa shape index (κ1) is 13.2. The van der Waals surface area contributed by atoms with Crippen LogP contribution in [0.1, 0.15) is 26.3 Å². The Morgan fingerprint density at radius 1 is 1.50 bits per heavy atom. The van der Waals surface area contributed by atoms with E-state index < -0.39 is 0 Å². The molecule has 92 valence electrons. The van der Waals surface area contributed by atoms with Gasteiger partial charge in [0.2, 0.25) is 0 Å². The van der Waals surface area contributed by atoms with E-state index in [1.165, 1.54) is 5.56 Å². The Labute approximate surface area is 98.0 Å². The van der Waals surface area contributed by atoms with E-state index >= 15 is 0 Å². The molecule has 0 aliphatic rings. The highest BCUT2D eigenvalue weighted by Gasteiger charge is 2.00. The number of hydrogen-bond donors (Lipinski definition) is 1. The molecule has 0 aliphatic heterocycles. The molecule has 0 aliphatic carbocycles. The van der Waals surface area contributed by atoms with Gasteiger partial charge in [0.05, 0.1) is 12.8 Å². The van der Waals surface area contributed by atoms with Gasteiger partial charge in [-0.2, -0.15) is 5.10 Å². The van der Waals surface area contributed by atoms with E-state index in [-0.39, 0.29) is 0 Å². The summed E-state index contributed by atoms with van der Waals surface area (Å²) in [6.07, 6.45) is 4.03. The molecule has 0 atom stereocenters. The molecule has 1 heterocycles. The number of nitrogens with one attached hydrogen (secondary N) is 1. The molecule has 1 N–H and O–H groups in total. The minimum absolute atomic E-state index is 0.638. The Balaban J connectivity index is 2.19. The van der Waals surface area contributed by atoms with Crippen LogP contribution in [0.5, 0.6) is 0 Å². The second kappa shape index (κ2) is 7.41. The van der Waals surface area contributed by atoms with Crippen LogP contribution in [0.3, 0.4) is 0 Å². The number of aromatic nitrogens is 2. The van der Waals surface area contributed by atoms with E-state index in [4.69, 9.17) is 4.74 Å². The van der Waals surface area contributed by atoms with E-state index in [9.17, 15) is 0 Å². The zero-order chi connectivity index (χ0) is 11.8. The van der Waals surface area contributed by atoms with E-state index in [0.29, 0.717) is 5.92 Å². The molecule has 1 rings (SSSR count). The first-order chi connectivity index (χ1) is 7.72. The summed E-state index contributed by atoms with van der Waals surface area (Å²) in [6.45, 7) is 10.7. The Hall–Kier alpha value is -0.870. The largest absolute Gasteiger partial charge is 0.380 e. The van der Waals surface area contributed by atoms with Gasteiger partial charge in [-0.1, -0.05) is 13.8 Å². The molecule has 0 radical (unpaired) electrons. The Kier molecular flexibility index (Phi) is 6.11. The lowest BCUT2D eigenvalue weighted by Crippen LogP contribution is -2.18. The zero-order valence-corrected chi connectivity index (χ0v) is 10.6. The molecule has 0 spiro atoms. The van der Waals surface area contributed by atoms with Crippen LogP contribution in [0.4, 0.5) is 0 Å².